The van der Waals surface area contributed by atoms with E-state index in [1.165, 1.54) is 0 Å². The van der Waals surface area contributed by atoms with Crippen molar-refractivity contribution >= 4 is 5.91 Å². The van der Waals surface area contributed by atoms with Crippen LogP contribution in [0.1, 0.15) is 32.5 Å². The molecule has 88 valence electrons. The lowest BCUT2D eigenvalue weighted by molar-refractivity contribution is -0.121. The lowest BCUT2D eigenvalue weighted by atomic mass is 10.0. The van der Waals surface area contributed by atoms with Crippen molar-refractivity contribution in [3.8, 4) is 0 Å². The van der Waals surface area contributed by atoms with Crippen molar-refractivity contribution in [3.63, 3.8) is 0 Å². The van der Waals surface area contributed by atoms with Crippen molar-refractivity contribution in [2.45, 2.75) is 32.9 Å². The van der Waals surface area contributed by atoms with E-state index in [-0.39, 0.29) is 23.9 Å². The quantitative estimate of drug-likeness (QED) is 0.786. The lowest BCUT2D eigenvalue weighted by Crippen LogP contribution is -2.46. The number of amides is 1. The SMILES string of the molecule is CC(NC(C(N)=O)C(C)C)c1ccccn1. The number of nitrogens with two attached hydrogens (primary N) is 1. The Balaban J connectivity index is 2.69. The number of rotatable bonds is 5. The molecule has 1 aromatic rings. The third-order valence-corrected chi connectivity index (χ3v) is 2.53. The van der Waals surface area contributed by atoms with Crippen LogP contribution in [0.4, 0.5) is 0 Å². The Kier molecular flexibility index (Phi) is 4.43. The molecular weight excluding hydrogens is 202 g/mol. The fourth-order valence-corrected chi connectivity index (χ4v) is 1.59. The summed E-state index contributed by atoms with van der Waals surface area (Å²) in [6.07, 6.45) is 1.74. The lowest BCUT2D eigenvalue weighted by Gasteiger charge is -2.23. The van der Waals surface area contributed by atoms with Crippen LogP contribution in [0.2, 0.25) is 0 Å². The molecule has 0 saturated heterocycles. The molecule has 0 aliphatic heterocycles. The first-order valence-electron chi connectivity index (χ1n) is 5.48. The Hall–Kier alpha value is -1.42. The maximum Gasteiger partial charge on any atom is 0.234 e. The van der Waals surface area contributed by atoms with Crippen LogP contribution in [0.5, 0.6) is 0 Å². The van der Waals surface area contributed by atoms with Crippen LogP contribution in [0.15, 0.2) is 24.4 Å². The molecule has 4 nitrogen and oxygen atoms in total. The van der Waals surface area contributed by atoms with Gasteiger partial charge in [0.05, 0.1) is 11.7 Å². The molecule has 0 bridgehead atoms. The largest absolute Gasteiger partial charge is 0.368 e. The molecule has 0 saturated carbocycles. The van der Waals surface area contributed by atoms with Gasteiger partial charge in [-0.3, -0.25) is 15.1 Å². The van der Waals surface area contributed by atoms with E-state index in [1.807, 2.05) is 39.0 Å². The summed E-state index contributed by atoms with van der Waals surface area (Å²) in [5.41, 5.74) is 6.25. The molecule has 0 fully saturated rings. The number of primary amides is 1. The topological polar surface area (TPSA) is 68.0 Å². The summed E-state index contributed by atoms with van der Waals surface area (Å²) in [7, 11) is 0. The highest BCUT2D eigenvalue weighted by molar-refractivity contribution is 5.80. The van der Waals surface area contributed by atoms with E-state index in [1.54, 1.807) is 6.20 Å². The Morgan fingerprint density at radius 2 is 2.06 bits per heavy atom. The summed E-state index contributed by atoms with van der Waals surface area (Å²) in [6.45, 7) is 5.90. The fourth-order valence-electron chi connectivity index (χ4n) is 1.59. The average molecular weight is 221 g/mol. The van der Waals surface area contributed by atoms with Gasteiger partial charge in [-0.25, -0.2) is 0 Å². The van der Waals surface area contributed by atoms with Crippen LogP contribution < -0.4 is 11.1 Å². The molecule has 0 aromatic carbocycles. The van der Waals surface area contributed by atoms with Crippen molar-refractivity contribution in [2.75, 3.05) is 0 Å². The molecule has 2 atom stereocenters. The molecule has 0 radical (unpaired) electrons. The summed E-state index contributed by atoms with van der Waals surface area (Å²) >= 11 is 0. The first-order chi connectivity index (χ1) is 7.52. The number of carbonyl (C=O) groups is 1. The Bertz CT molecular complexity index is 337. The molecular formula is C12H19N3O. The number of hydrogen-bond donors (Lipinski definition) is 2. The highest BCUT2D eigenvalue weighted by Gasteiger charge is 2.21. The van der Waals surface area contributed by atoms with E-state index in [2.05, 4.69) is 10.3 Å². The molecule has 0 aliphatic carbocycles. The Morgan fingerprint density at radius 3 is 2.50 bits per heavy atom. The average Bonchev–Trinajstić information content (AvgIpc) is 2.25. The maximum atomic E-state index is 11.2. The monoisotopic (exact) mass is 221 g/mol. The van der Waals surface area contributed by atoms with E-state index in [9.17, 15) is 4.79 Å². The molecule has 3 N–H and O–H groups in total. The second-order valence-corrected chi connectivity index (χ2v) is 4.27. The minimum atomic E-state index is -0.322. The van der Waals surface area contributed by atoms with Crippen molar-refractivity contribution in [1.29, 1.82) is 0 Å². The van der Waals surface area contributed by atoms with Crippen LogP contribution >= 0.6 is 0 Å². The van der Waals surface area contributed by atoms with Gasteiger partial charge in [-0.05, 0) is 25.0 Å². The Morgan fingerprint density at radius 1 is 1.38 bits per heavy atom. The highest BCUT2D eigenvalue weighted by Crippen LogP contribution is 2.12. The predicted molar refractivity (Wildman–Crippen MR) is 63.6 cm³/mol. The van der Waals surface area contributed by atoms with Crippen LogP contribution in [0.3, 0.4) is 0 Å². The van der Waals surface area contributed by atoms with E-state index < -0.39 is 0 Å². The molecule has 0 spiro atoms. The normalized spacial score (nSPS) is 14.8. The summed E-state index contributed by atoms with van der Waals surface area (Å²) in [4.78, 5) is 15.5. The third-order valence-electron chi connectivity index (χ3n) is 2.53. The zero-order chi connectivity index (χ0) is 12.1. The molecule has 16 heavy (non-hydrogen) atoms. The minimum absolute atomic E-state index is 0.0149. The number of nitrogens with one attached hydrogen (secondary N) is 1. The van der Waals surface area contributed by atoms with Crippen molar-refractivity contribution in [2.24, 2.45) is 11.7 Å². The second kappa shape index (κ2) is 5.61. The van der Waals surface area contributed by atoms with Crippen molar-refractivity contribution < 1.29 is 4.79 Å². The summed E-state index contributed by atoms with van der Waals surface area (Å²) in [5, 5.41) is 3.20. The molecule has 1 aromatic heterocycles. The maximum absolute atomic E-state index is 11.2. The van der Waals surface area contributed by atoms with E-state index >= 15 is 0 Å². The van der Waals surface area contributed by atoms with Gasteiger partial charge in [-0.2, -0.15) is 0 Å². The Labute approximate surface area is 96.3 Å². The zero-order valence-corrected chi connectivity index (χ0v) is 9.97. The smallest absolute Gasteiger partial charge is 0.234 e. The van der Waals surface area contributed by atoms with Crippen LogP contribution in [-0.4, -0.2) is 16.9 Å². The van der Waals surface area contributed by atoms with Gasteiger partial charge < -0.3 is 5.73 Å². The number of pyridine rings is 1. The number of carbonyl (C=O) groups excluding carboxylic acids is 1. The van der Waals surface area contributed by atoms with Crippen LogP contribution in [0.25, 0.3) is 0 Å². The van der Waals surface area contributed by atoms with Crippen molar-refractivity contribution in [1.82, 2.24) is 10.3 Å². The van der Waals surface area contributed by atoms with E-state index in [4.69, 9.17) is 5.73 Å². The highest BCUT2D eigenvalue weighted by atomic mass is 16.1. The molecule has 1 heterocycles. The van der Waals surface area contributed by atoms with Gasteiger partial charge >= 0.3 is 0 Å². The van der Waals surface area contributed by atoms with Gasteiger partial charge in [0.25, 0.3) is 0 Å². The first-order valence-corrected chi connectivity index (χ1v) is 5.48. The fraction of sp³-hybridized carbons (Fsp3) is 0.500. The van der Waals surface area contributed by atoms with E-state index in [0.29, 0.717) is 0 Å². The third kappa shape index (κ3) is 3.31. The molecule has 4 heteroatoms. The van der Waals surface area contributed by atoms with Crippen molar-refractivity contribution in [3.05, 3.63) is 30.1 Å². The number of nitrogens with zero attached hydrogens (tertiary/aromatic N) is 1. The molecule has 1 rings (SSSR count). The van der Waals surface area contributed by atoms with Gasteiger partial charge in [-0.1, -0.05) is 19.9 Å². The van der Waals surface area contributed by atoms with Gasteiger partial charge in [-0.15, -0.1) is 0 Å². The van der Waals surface area contributed by atoms with Gasteiger partial charge in [0.1, 0.15) is 0 Å². The van der Waals surface area contributed by atoms with Gasteiger partial charge in [0, 0.05) is 12.2 Å². The summed E-state index contributed by atoms with van der Waals surface area (Å²) in [6, 6.07) is 5.41. The van der Waals surface area contributed by atoms with E-state index in [0.717, 1.165) is 5.69 Å². The predicted octanol–water partition coefficient (Wildman–Crippen LogP) is 1.24. The van der Waals surface area contributed by atoms with Gasteiger partial charge in [0.2, 0.25) is 5.91 Å². The van der Waals surface area contributed by atoms with Crippen LogP contribution in [0, 0.1) is 5.92 Å². The minimum Gasteiger partial charge on any atom is -0.368 e. The summed E-state index contributed by atoms with van der Waals surface area (Å²) < 4.78 is 0. The number of hydrogen-bond acceptors (Lipinski definition) is 3. The molecule has 0 aliphatic rings. The van der Waals surface area contributed by atoms with Crippen LogP contribution in [-0.2, 0) is 4.79 Å². The number of aromatic nitrogens is 1. The van der Waals surface area contributed by atoms with Gasteiger partial charge in [0.15, 0.2) is 0 Å². The second-order valence-electron chi connectivity index (χ2n) is 4.27. The molecule has 2 unspecified atom stereocenters. The zero-order valence-electron chi connectivity index (χ0n) is 9.97. The summed E-state index contributed by atoms with van der Waals surface area (Å²) in [5.74, 6) is -0.151. The molecule has 1 amide bonds. The first kappa shape index (κ1) is 12.6. The standard InChI is InChI=1S/C12H19N3O/c1-8(2)11(12(13)16)15-9(3)10-6-4-5-7-14-10/h4-9,11,15H,1-3H3,(H2,13,16).